The van der Waals surface area contributed by atoms with E-state index >= 15 is 0 Å². The van der Waals surface area contributed by atoms with Crippen molar-refractivity contribution in [3.63, 3.8) is 0 Å². The smallest absolute Gasteiger partial charge is 0.306 e. The van der Waals surface area contributed by atoms with E-state index in [4.69, 9.17) is 8.92 Å². The fourth-order valence-electron chi connectivity index (χ4n) is 2.43. The second-order valence-corrected chi connectivity index (χ2v) is 7.39. The van der Waals surface area contributed by atoms with Gasteiger partial charge in [-0.25, -0.2) is 0 Å². The van der Waals surface area contributed by atoms with Crippen molar-refractivity contribution >= 4 is 16.0 Å². The molecule has 0 spiro atoms. The van der Waals surface area contributed by atoms with Crippen molar-refractivity contribution in [1.29, 1.82) is 0 Å². The summed E-state index contributed by atoms with van der Waals surface area (Å²) in [7, 11) is -1.91. The lowest BCUT2D eigenvalue weighted by atomic mass is 9.84. The Hall–Kier alpha value is -1.60. The zero-order valence-electron chi connectivity index (χ0n) is 13.5. The molecular weight excluding hydrogens is 318 g/mol. The van der Waals surface area contributed by atoms with Gasteiger partial charge in [0.15, 0.2) is 0 Å². The van der Waals surface area contributed by atoms with E-state index in [0.29, 0.717) is 19.7 Å². The van der Waals surface area contributed by atoms with Gasteiger partial charge < -0.3 is 13.8 Å². The summed E-state index contributed by atoms with van der Waals surface area (Å²) in [5.74, 6) is 0.578. The van der Waals surface area contributed by atoms with Crippen molar-refractivity contribution in [3.05, 3.63) is 29.8 Å². The van der Waals surface area contributed by atoms with E-state index in [9.17, 15) is 13.2 Å². The Balaban J connectivity index is 2.01. The van der Waals surface area contributed by atoms with E-state index in [1.165, 1.54) is 0 Å². The van der Waals surface area contributed by atoms with Crippen molar-refractivity contribution in [2.24, 2.45) is 5.92 Å². The van der Waals surface area contributed by atoms with E-state index in [1.807, 2.05) is 0 Å². The molecule has 0 saturated heterocycles. The van der Waals surface area contributed by atoms with Gasteiger partial charge in [0.05, 0.1) is 12.9 Å². The highest BCUT2D eigenvalue weighted by Gasteiger charge is 2.29. The fraction of sp³-hybridized carbons (Fsp3) is 0.562. The third-order valence-electron chi connectivity index (χ3n) is 3.88. The zero-order chi connectivity index (χ0) is 16.9. The zero-order valence-corrected chi connectivity index (χ0v) is 14.3. The average Bonchev–Trinajstić information content (AvgIpc) is 2.41. The second-order valence-electron chi connectivity index (χ2n) is 5.81. The van der Waals surface area contributed by atoms with Gasteiger partial charge in [-0.2, -0.15) is 8.42 Å². The molecule has 0 aliphatic heterocycles. The Labute approximate surface area is 137 Å². The first-order valence-corrected chi connectivity index (χ1v) is 9.47. The van der Waals surface area contributed by atoms with Crippen LogP contribution in [0.15, 0.2) is 24.3 Å². The minimum Gasteiger partial charge on any atom is -0.383 e. The Kier molecular flexibility index (Phi) is 6.01. The van der Waals surface area contributed by atoms with Crippen molar-refractivity contribution in [2.45, 2.75) is 25.8 Å². The summed E-state index contributed by atoms with van der Waals surface area (Å²) in [6, 6.07) is 6.74. The minimum atomic E-state index is -3.53. The van der Waals surface area contributed by atoms with Crippen molar-refractivity contribution in [2.75, 3.05) is 26.5 Å². The van der Waals surface area contributed by atoms with E-state index in [2.05, 4.69) is 0 Å². The van der Waals surface area contributed by atoms with Crippen molar-refractivity contribution in [3.8, 4) is 5.75 Å². The molecule has 1 aromatic carbocycles. The van der Waals surface area contributed by atoms with E-state index in [-0.39, 0.29) is 17.6 Å². The number of amides is 1. The molecule has 1 aromatic rings. The standard InChI is InChI=1S/C16H23NO5S/c1-21-11-10-17(16(18)14-4-3-5-14)12-13-6-8-15(9-7-13)22-23(2,19)20/h6-9,14H,3-5,10-12H2,1-2H3. The third-order valence-corrected chi connectivity index (χ3v) is 4.37. The van der Waals surface area contributed by atoms with Gasteiger partial charge in [0, 0.05) is 26.1 Å². The van der Waals surface area contributed by atoms with Gasteiger partial charge in [-0.05, 0) is 30.5 Å². The first kappa shape index (κ1) is 17.7. The summed E-state index contributed by atoms with van der Waals surface area (Å²) in [4.78, 5) is 14.3. The monoisotopic (exact) mass is 341 g/mol. The van der Waals surface area contributed by atoms with Crippen LogP contribution < -0.4 is 4.18 Å². The van der Waals surface area contributed by atoms with Crippen molar-refractivity contribution < 1.29 is 22.1 Å². The van der Waals surface area contributed by atoms with Gasteiger partial charge in [0.25, 0.3) is 0 Å². The number of carbonyl (C=O) groups is 1. The Morgan fingerprint density at radius 3 is 2.39 bits per heavy atom. The van der Waals surface area contributed by atoms with Crippen LogP contribution in [0.3, 0.4) is 0 Å². The van der Waals surface area contributed by atoms with Gasteiger partial charge in [-0.1, -0.05) is 18.6 Å². The molecule has 23 heavy (non-hydrogen) atoms. The number of hydrogen-bond acceptors (Lipinski definition) is 5. The van der Waals surface area contributed by atoms with Crippen LogP contribution in [0.1, 0.15) is 24.8 Å². The molecule has 7 heteroatoms. The van der Waals surface area contributed by atoms with Crippen LogP contribution in [0.2, 0.25) is 0 Å². The number of hydrogen-bond donors (Lipinski definition) is 0. The van der Waals surface area contributed by atoms with Gasteiger partial charge in [0.1, 0.15) is 5.75 Å². The highest BCUT2D eigenvalue weighted by molar-refractivity contribution is 7.86. The molecule has 0 radical (unpaired) electrons. The highest BCUT2D eigenvalue weighted by atomic mass is 32.2. The highest BCUT2D eigenvalue weighted by Crippen LogP contribution is 2.29. The number of ether oxygens (including phenoxy) is 1. The summed E-state index contributed by atoms with van der Waals surface area (Å²) in [6.07, 6.45) is 4.05. The number of benzene rings is 1. The third kappa shape index (κ3) is 5.51. The van der Waals surface area contributed by atoms with Crippen LogP contribution in [0, 0.1) is 5.92 Å². The molecule has 0 aromatic heterocycles. The number of methoxy groups -OCH3 is 1. The van der Waals surface area contributed by atoms with E-state index in [0.717, 1.165) is 31.1 Å². The van der Waals surface area contributed by atoms with Crippen LogP contribution in [-0.2, 0) is 26.2 Å². The maximum atomic E-state index is 12.5. The SMILES string of the molecule is COCCN(Cc1ccc(OS(C)(=O)=O)cc1)C(=O)C1CCC1. The molecule has 1 aliphatic carbocycles. The largest absolute Gasteiger partial charge is 0.383 e. The quantitative estimate of drug-likeness (QED) is 0.674. The van der Waals surface area contributed by atoms with Crippen LogP contribution in [-0.4, -0.2) is 45.7 Å². The van der Waals surface area contributed by atoms with Gasteiger partial charge in [0.2, 0.25) is 5.91 Å². The molecule has 0 N–H and O–H groups in total. The summed E-state index contributed by atoms with van der Waals surface area (Å²) >= 11 is 0. The molecule has 0 unspecified atom stereocenters. The predicted molar refractivity (Wildman–Crippen MR) is 86.5 cm³/mol. The number of nitrogens with zero attached hydrogens (tertiary/aromatic N) is 1. The molecule has 1 aliphatic rings. The lowest BCUT2D eigenvalue weighted by molar-refractivity contribution is -0.139. The topological polar surface area (TPSA) is 72.9 Å². The van der Waals surface area contributed by atoms with Crippen LogP contribution >= 0.6 is 0 Å². The van der Waals surface area contributed by atoms with E-state index < -0.39 is 10.1 Å². The van der Waals surface area contributed by atoms with Crippen molar-refractivity contribution in [1.82, 2.24) is 4.90 Å². The molecule has 1 saturated carbocycles. The maximum absolute atomic E-state index is 12.5. The molecule has 1 fully saturated rings. The summed E-state index contributed by atoms with van der Waals surface area (Å²) in [6.45, 7) is 1.53. The molecular formula is C16H23NO5S. The van der Waals surface area contributed by atoms with Crippen LogP contribution in [0.25, 0.3) is 0 Å². The molecule has 128 valence electrons. The maximum Gasteiger partial charge on any atom is 0.306 e. The minimum absolute atomic E-state index is 0.139. The Morgan fingerprint density at radius 2 is 1.91 bits per heavy atom. The number of rotatable bonds is 8. The fourth-order valence-corrected chi connectivity index (χ4v) is 2.89. The lowest BCUT2D eigenvalue weighted by Crippen LogP contribution is -2.40. The second kappa shape index (κ2) is 7.79. The Bertz CT molecular complexity index is 622. The van der Waals surface area contributed by atoms with E-state index in [1.54, 1.807) is 36.3 Å². The normalized spacial score (nSPS) is 15.0. The van der Waals surface area contributed by atoms with Gasteiger partial charge in [-0.3, -0.25) is 4.79 Å². The molecule has 0 heterocycles. The summed E-state index contributed by atoms with van der Waals surface area (Å²) < 4.78 is 32.1. The molecule has 1 amide bonds. The Morgan fingerprint density at radius 1 is 1.26 bits per heavy atom. The first-order chi connectivity index (χ1) is 10.9. The first-order valence-electron chi connectivity index (χ1n) is 7.65. The predicted octanol–water partition coefficient (Wildman–Crippen LogP) is 1.80. The molecule has 0 atom stereocenters. The van der Waals surface area contributed by atoms with Crippen LogP contribution in [0.4, 0.5) is 0 Å². The average molecular weight is 341 g/mol. The summed E-state index contributed by atoms with van der Waals surface area (Å²) in [5.41, 5.74) is 0.926. The number of carbonyl (C=O) groups excluding carboxylic acids is 1. The van der Waals surface area contributed by atoms with Gasteiger partial charge in [-0.15, -0.1) is 0 Å². The summed E-state index contributed by atoms with van der Waals surface area (Å²) in [5, 5.41) is 0. The van der Waals surface area contributed by atoms with Gasteiger partial charge >= 0.3 is 10.1 Å². The van der Waals surface area contributed by atoms with Crippen LogP contribution in [0.5, 0.6) is 5.75 Å². The lowest BCUT2D eigenvalue weighted by Gasteiger charge is -2.31. The molecule has 6 nitrogen and oxygen atoms in total. The molecule has 0 bridgehead atoms. The molecule has 2 rings (SSSR count).